The summed E-state index contributed by atoms with van der Waals surface area (Å²) in [5, 5.41) is 2.75. The maximum atomic E-state index is 11.9. The molecule has 0 fully saturated rings. The Morgan fingerprint density at radius 3 is 2.45 bits per heavy atom. The highest BCUT2D eigenvalue weighted by molar-refractivity contribution is 5.86. The van der Waals surface area contributed by atoms with Crippen LogP contribution in [0.3, 0.4) is 0 Å². The van der Waals surface area contributed by atoms with Gasteiger partial charge in [-0.05, 0) is 64.3 Å². The number of amides is 1. The number of rotatable bonds is 6. The van der Waals surface area contributed by atoms with Gasteiger partial charge in [-0.3, -0.25) is 5.32 Å². The lowest BCUT2D eigenvalue weighted by molar-refractivity contribution is -0.117. The van der Waals surface area contributed by atoms with Gasteiger partial charge in [0.1, 0.15) is 17.1 Å². The number of ether oxygens (including phenoxy) is 2. The van der Waals surface area contributed by atoms with E-state index in [4.69, 9.17) is 9.47 Å². The lowest BCUT2D eigenvalue weighted by Crippen LogP contribution is -2.27. The van der Waals surface area contributed by atoms with Crippen molar-refractivity contribution in [2.24, 2.45) is 0 Å². The van der Waals surface area contributed by atoms with Crippen molar-refractivity contribution in [2.45, 2.75) is 52.6 Å². The van der Waals surface area contributed by atoms with Crippen LogP contribution in [0.15, 0.2) is 18.2 Å². The molecule has 1 aromatic carbocycles. The van der Waals surface area contributed by atoms with Crippen LogP contribution in [0.4, 0.5) is 10.5 Å². The molecule has 22 heavy (non-hydrogen) atoms. The first kappa shape index (κ1) is 18.0. The van der Waals surface area contributed by atoms with Crippen molar-refractivity contribution in [3.05, 3.63) is 23.8 Å². The Labute approximate surface area is 132 Å². The first-order chi connectivity index (χ1) is 10.2. The lowest BCUT2D eigenvalue weighted by atomic mass is 10.0. The molecule has 0 radical (unpaired) electrons. The Bertz CT molecular complexity index is 532. The number of aryl methyl sites for hydroxylation is 1. The summed E-state index contributed by atoms with van der Waals surface area (Å²) in [6, 6.07) is 5.43. The molecule has 0 atom stereocenters. The maximum Gasteiger partial charge on any atom is 0.412 e. The molecule has 0 saturated heterocycles. The molecule has 0 spiro atoms. The van der Waals surface area contributed by atoms with Crippen LogP contribution in [0.2, 0.25) is 0 Å². The number of methoxy groups -OCH3 is 1. The molecule has 0 heterocycles. The summed E-state index contributed by atoms with van der Waals surface area (Å²) in [6.07, 6.45) is 1.43. The fourth-order valence-electron chi connectivity index (χ4n) is 1.97. The first-order valence-corrected chi connectivity index (χ1v) is 7.37. The average Bonchev–Trinajstić information content (AvgIpc) is 2.37. The van der Waals surface area contributed by atoms with Gasteiger partial charge in [0, 0.05) is 12.1 Å². The Morgan fingerprint density at radius 2 is 1.91 bits per heavy atom. The monoisotopic (exact) mass is 307 g/mol. The van der Waals surface area contributed by atoms with Gasteiger partial charge in [0.15, 0.2) is 0 Å². The third-order valence-corrected chi connectivity index (χ3v) is 2.92. The predicted octanol–water partition coefficient (Wildman–Crippen LogP) is 3.95. The second-order valence-corrected chi connectivity index (χ2v) is 6.21. The van der Waals surface area contributed by atoms with Gasteiger partial charge < -0.3 is 14.3 Å². The molecule has 5 heteroatoms. The van der Waals surface area contributed by atoms with E-state index >= 15 is 0 Å². The summed E-state index contributed by atoms with van der Waals surface area (Å²) in [5.74, 6) is 0.872. The quantitative estimate of drug-likeness (QED) is 0.864. The largest absolute Gasteiger partial charge is 0.497 e. The molecule has 0 aromatic heterocycles. The van der Waals surface area contributed by atoms with Crippen LogP contribution in [-0.4, -0.2) is 24.6 Å². The number of ketones is 1. The summed E-state index contributed by atoms with van der Waals surface area (Å²) < 4.78 is 10.5. The second kappa shape index (κ2) is 7.82. The number of hydrogen-bond acceptors (Lipinski definition) is 4. The van der Waals surface area contributed by atoms with E-state index < -0.39 is 11.7 Å². The summed E-state index contributed by atoms with van der Waals surface area (Å²) >= 11 is 0. The molecule has 0 saturated carbocycles. The molecule has 122 valence electrons. The van der Waals surface area contributed by atoms with E-state index in [2.05, 4.69) is 5.32 Å². The summed E-state index contributed by atoms with van der Waals surface area (Å²) in [6.45, 7) is 7.02. The molecular weight excluding hydrogens is 282 g/mol. The normalized spacial score (nSPS) is 11.0. The Hall–Kier alpha value is -2.04. The van der Waals surface area contributed by atoms with E-state index in [0.717, 1.165) is 12.0 Å². The molecule has 1 amide bonds. The van der Waals surface area contributed by atoms with E-state index in [1.165, 1.54) is 0 Å². The Kier molecular flexibility index (Phi) is 6.40. The zero-order valence-corrected chi connectivity index (χ0v) is 14.0. The summed E-state index contributed by atoms with van der Waals surface area (Å²) in [7, 11) is 1.59. The third-order valence-electron chi connectivity index (χ3n) is 2.92. The molecule has 1 N–H and O–H groups in total. The summed E-state index contributed by atoms with van der Waals surface area (Å²) in [4.78, 5) is 23.0. The van der Waals surface area contributed by atoms with Crippen LogP contribution in [0.1, 0.15) is 46.1 Å². The number of hydrogen-bond donors (Lipinski definition) is 1. The van der Waals surface area contributed by atoms with Crippen molar-refractivity contribution >= 4 is 17.6 Å². The molecule has 0 aliphatic heterocycles. The number of anilines is 1. The van der Waals surface area contributed by atoms with Crippen molar-refractivity contribution in [1.82, 2.24) is 0 Å². The smallest absolute Gasteiger partial charge is 0.412 e. The maximum absolute atomic E-state index is 11.9. The summed E-state index contributed by atoms with van der Waals surface area (Å²) in [5.41, 5.74) is 1.05. The predicted molar refractivity (Wildman–Crippen MR) is 86.5 cm³/mol. The average molecular weight is 307 g/mol. The highest BCUT2D eigenvalue weighted by Gasteiger charge is 2.17. The number of nitrogens with one attached hydrogen (secondary N) is 1. The molecule has 0 bridgehead atoms. The second-order valence-electron chi connectivity index (χ2n) is 6.21. The molecule has 0 aliphatic carbocycles. The van der Waals surface area contributed by atoms with Crippen LogP contribution in [0.5, 0.6) is 5.75 Å². The Morgan fingerprint density at radius 1 is 1.23 bits per heavy atom. The highest BCUT2D eigenvalue weighted by atomic mass is 16.6. The van der Waals surface area contributed by atoms with Crippen LogP contribution in [0, 0.1) is 0 Å². The minimum absolute atomic E-state index is 0.157. The highest BCUT2D eigenvalue weighted by Crippen LogP contribution is 2.24. The van der Waals surface area contributed by atoms with Crippen molar-refractivity contribution in [2.75, 3.05) is 12.4 Å². The fourth-order valence-corrected chi connectivity index (χ4v) is 1.97. The van der Waals surface area contributed by atoms with E-state index in [0.29, 0.717) is 24.3 Å². The van der Waals surface area contributed by atoms with Gasteiger partial charge in [-0.15, -0.1) is 0 Å². The lowest BCUT2D eigenvalue weighted by Gasteiger charge is -2.20. The minimum Gasteiger partial charge on any atom is -0.497 e. The number of Topliss-reactive ketones (excluding diaryl/α,β-unsaturated/α-hetero) is 1. The number of benzene rings is 1. The first-order valence-electron chi connectivity index (χ1n) is 7.37. The molecule has 0 unspecified atom stereocenters. The molecule has 1 rings (SSSR count). The van der Waals surface area contributed by atoms with Crippen molar-refractivity contribution in [3.63, 3.8) is 0 Å². The van der Waals surface area contributed by atoms with E-state index in [1.807, 2.05) is 26.8 Å². The van der Waals surface area contributed by atoms with Gasteiger partial charge in [-0.2, -0.15) is 0 Å². The SMILES string of the molecule is COc1ccc(NC(=O)OC(C)(C)C)c(CCCC(C)=O)c1. The third kappa shape index (κ3) is 6.61. The Balaban J connectivity index is 2.83. The van der Waals surface area contributed by atoms with Crippen molar-refractivity contribution < 1.29 is 19.1 Å². The fraction of sp³-hybridized carbons (Fsp3) is 0.529. The standard InChI is InChI=1S/C17H25NO4/c1-12(19)7-6-8-13-11-14(21-5)9-10-15(13)18-16(20)22-17(2,3)4/h9-11H,6-8H2,1-5H3,(H,18,20). The van der Waals surface area contributed by atoms with E-state index in [1.54, 1.807) is 26.2 Å². The molecule has 1 aromatic rings. The van der Waals surface area contributed by atoms with E-state index in [-0.39, 0.29) is 5.78 Å². The zero-order chi connectivity index (χ0) is 16.8. The number of carbonyl (C=O) groups is 2. The molecule has 5 nitrogen and oxygen atoms in total. The van der Waals surface area contributed by atoms with Crippen LogP contribution in [-0.2, 0) is 16.0 Å². The molecular formula is C17H25NO4. The van der Waals surface area contributed by atoms with Gasteiger partial charge in [0.2, 0.25) is 0 Å². The van der Waals surface area contributed by atoms with Crippen LogP contribution >= 0.6 is 0 Å². The molecule has 0 aliphatic rings. The van der Waals surface area contributed by atoms with Gasteiger partial charge in [0.05, 0.1) is 7.11 Å². The van der Waals surface area contributed by atoms with Crippen molar-refractivity contribution in [3.8, 4) is 5.75 Å². The van der Waals surface area contributed by atoms with Crippen LogP contribution in [0.25, 0.3) is 0 Å². The number of carbonyl (C=O) groups excluding carboxylic acids is 2. The minimum atomic E-state index is -0.550. The van der Waals surface area contributed by atoms with Gasteiger partial charge in [0.25, 0.3) is 0 Å². The van der Waals surface area contributed by atoms with Crippen molar-refractivity contribution in [1.29, 1.82) is 0 Å². The van der Waals surface area contributed by atoms with E-state index in [9.17, 15) is 9.59 Å². The zero-order valence-electron chi connectivity index (χ0n) is 14.0. The topological polar surface area (TPSA) is 64.6 Å². The van der Waals surface area contributed by atoms with Crippen LogP contribution < -0.4 is 10.1 Å². The van der Waals surface area contributed by atoms with Gasteiger partial charge >= 0.3 is 6.09 Å². The van der Waals surface area contributed by atoms with Gasteiger partial charge in [-0.25, -0.2) is 4.79 Å². The van der Waals surface area contributed by atoms with Gasteiger partial charge in [-0.1, -0.05) is 0 Å².